The van der Waals surface area contributed by atoms with Crippen molar-refractivity contribution in [2.75, 3.05) is 5.32 Å². The van der Waals surface area contributed by atoms with Gasteiger partial charge >= 0.3 is 6.61 Å². The zero-order valence-corrected chi connectivity index (χ0v) is 10.4. The molecule has 0 atom stereocenters. The first kappa shape index (κ1) is 14.8. The predicted molar refractivity (Wildman–Crippen MR) is 67.4 cm³/mol. The molecule has 0 heterocycles. The van der Waals surface area contributed by atoms with E-state index in [1.54, 1.807) is 0 Å². The fraction of sp³-hybridized carbons (Fsp3) is 0.0714. The van der Waals surface area contributed by atoms with Crippen LogP contribution in [0.1, 0.15) is 10.4 Å². The molecule has 0 radical (unpaired) electrons. The highest BCUT2D eigenvalue weighted by molar-refractivity contribution is 6.04. The third-order valence-corrected chi connectivity index (χ3v) is 2.52. The van der Waals surface area contributed by atoms with E-state index >= 15 is 0 Å². The van der Waals surface area contributed by atoms with E-state index in [9.17, 15) is 22.4 Å². The zero-order valence-electron chi connectivity index (χ0n) is 10.4. The molecule has 7 heteroatoms. The van der Waals surface area contributed by atoms with Gasteiger partial charge in [0, 0.05) is 11.3 Å². The molecule has 1 amide bonds. The van der Waals surface area contributed by atoms with Gasteiger partial charge in [-0.15, -0.1) is 0 Å². The molecule has 2 aromatic rings. The second kappa shape index (κ2) is 6.25. The van der Waals surface area contributed by atoms with E-state index < -0.39 is 24.2 Å². The summed E-state index contributed by atoms with van der Waals surface area (Å²) in [4.78, 5) is 11.8. The van der Waals surface area contributed by atoms with Gasteiger partial charge in [-0.25, -0.2) is 8.78 Å². The Labute approximate surface area is 117 Å². The zero-order chi connectivity index (χ0) is 15.4. The van der Waals surface area contributed by atoms with Gasteiger partial charge in [0.1, 0.15) is 5.75 Å². The molecule has 3 nitrogen and oxygen atoms in total. The molecule has 1 N–H and O–H groups in total. The van der Waals surface area contributed by atoms with E-state index in [1.165, 1.54) is 24.3 Å². The van der Waals surface area contributed by atoms with Crippen molar-refractivity contribution in [2.45, 2.75) is 6.61 Å². The topological polar surface area (TPSA) is 38.3 Å². The monoisotopic (exact) mass is 299 g/mol. The van der Waals surface area contributed by atoms with Gasteiger partial charge in [-0.05, 0) is 42.5 Å². The Bertz CT molecular complexity index is 644. The van der Waals surface area contributed by atoms with E-state index in [4.69, 9.17) is 0 Å². The molecule has 0 aromatic heterocycles. The lowest BCUT2D eigenvalue weighted by molar-refractivity contribution is -0.0498. The molecule has 0 bridgehead atoms. The SMILES string of the molecule is O=C(Nc1ccc(OC(F)F)cc1)c1ccc(F)c(F)c1. The van der Waals surface area contributed by atoms with E-state index in [1.807, 2.05) is 0 Å². The number of anilines is 1. The molecule has 0 spiro atoms. The Balaban J connectivity index is 2.06. The normalized spacial score (nSPS) is 10.5. The number of carbonyl (C=O) groups excluding carboxylic acids is 1. The smallest absolute Gasteiger partial charge is 0.387 e. The lowest BCUT2D eigenvalue weighted by atomic mass is 10.2. The Hall–Kier alpha value is -2.57. The highest BCUT2D eigenvalue weighted by Gasteiger charge is 2.10. The highest BCUT2D eigenvalue weighted by atomic mass is 19.3. The molecule has 0 saturated carbocycles. The predicted octanol–water partition coefficient (Wildman–Crippen LogP) is 3.82. The van der Waals surface area contributed by atoms with Crippen LogP contribution in [0.15, 0.2) is 42.5 Å². The van der Waals surface area contributed by atoms with Gasteiger partial charge in [0.2, 0.25) is 0 Å². The van der Waals surface area contributed by atoms with Gasteiger partial charge in [-0.3, -0.25) is 4.79 Å². The van der Waals surface area contributed by atoms with Gasteiger partial charge in [0.25, 0.3) is 5.91 Å². The van der Waals surface area contributed by atoms with Crippen LogP contribution in [0.25, 0.3) is 0 Å². The molecule has 0 fully saturated rings. The Kier molecular flexibility index (Phi) is 4.42. The summed E-state index contributed by atoms with van der Waals surface area (Å²) in [7, 11) is 0. The Morgan fingerprint density at radius 1 is 1.00 bits per heavy atom. The minimum atomic E-state index is -2.94. The van der Waals surface area contributed by atoms with Gasteiger partial charge in [0.15, 0.2) is 11.6 Å². The number of nitrogens with one attached hydrogen (secondary N) is 1. The van der Waals surface area contributed by atoms with E-state index in [-0.39, 0.29) is 11.3 Å². The van der Waals surface area contributed by atoms with Gasteiger partial charge in [-0.1, -0.05) is 0 Å². The van der Waals surface area contributed by atoms with Crippen LogP contribution < -0.4 is 10.1 Å². The summed E-state index contributed by atoms with van der Waals surface area (Å²) in [6, 6.07) is 7.90. The highest BCUT2D eigenvalue weighted by Crippen LogP contribution is 2.18. The van der Waals surface area contributed by atoms with Crippen LogP contribution >= 0.6 is 0 Å². The lowest BCUT2D eigenvalue weighted by Gasteiger charge is -2.07. The molecule has 0 unspecified atom stereocenters. The van der Waals surface area contributed by atoms with Crippen LogP contribution in [-0.4, -0.2) is 12.5 Å². The maximum Gasteiger partial charge on any atom is 0.387 e. The molecule has 2 rings (SSSR count). The van der Waals surface area contributed by atoms with Crippen molar-refractivity contribution in [3.8, 4) is 5.75 Å². The first-order valence-corrected chi connectivity index (χ1v) is 5.77. The number of ether oxygens (including phenoxy) is 1. The summed E-state index contributed by atoms with van der Waals surface area (Å²) >= 11 is 0. The maximum absolute atomic E-state index is 13.0. The summed E-state index contributed by atoms with van der Waals surface area (Å²) < 4.78 is 53.8. The van der Waals surface area contributed by atoms with Crippen molar-refractivity contribution in [1.82, 2.24) is 0 Å². The summed E-state index contributed by atoms with van der Waals surface area (Å²) in [5.74, 6) is -2.91. The number of hydrogen-bond acceptors (Lipinski definition) is 2. The summed E-state index contributed by atoms with van der Waals surface area (Å²) in [6.45, 7) is -2.94. The molecular weight excluding hydrogens is 290 g/mol. The molecule has 0 aliphatic rings. The van der Waals surface area contributed by atoms with E-state index in [0.717, 1.165) is 18.2 Å². The van der Waals surface area contributed by atoms with Crippen molar-refractivity contribution in [2.24, 2.45) is 0 Å². The van der Waals surface area contributed by atoms with Crippen LogP contribution in [0.5, 0.6) is 5.75 Å². The van der Waals surface area contributed by atoms with Crippen LogP contribution in [-0.2, 0) is 0 Å². The molecular formula is C14H9F4NO2. The molecule has 0 aliphatic heterocycles. The number of benzene rings is 2. The van der Waals surface area contributed by atoms with Gasteiger partial charge < -0.3 is 10.1 Å². The first-order chi connectivity index (χ1) is 9.95. The lowest BCUT2D eigenvalue weighted by Crippen LogP contribution is -2.12. The minimum absolute atomic E-state index is 0.0594. The fourth-order valence-electron chi connectivity index (χ4n) is 1.56. The minimum Gasteiger partial charge on any atom is -0.435 e. The number of halogens is 4. The largest absolute Gasteiger partial charge is 0.435 e. The number of hydrogen-bond donors (Lipinski definition) is 1. The molecule has 110 valence electrons. The Morgan fingerprint density at radius 2 is 1.67 bits per heavy atom. The average Bonchev–Trinajstić information content (AvgIpc) is 2.43. The van der Waals surface area contributed by atoms with Crippen LogP contribution in [0, 0.1) is 11.6 Å². The summed E-state index contributed by atoms with van der Waals surface area (Å²) in [5, 5.41) is 2.41. The summed E-state index contributed by atoms with van der Waals surface area (Å²) in [5.41, 5.74) is 0.230. The van der Waals surface area contributed by atoms with Crippen LogP contribution in [0.4, 0.5) is 23.2 Å². The fourth-order valence-corrected chi connectivity index (χ4v) is 1.56. The summed E-state index contributed by atoms with van der Waals surface area (Å²) in [6.07, 6.45) is 0. The van der Waals surface area contributed by atoms with Crippen LogP contribution in [0.2, 0.25) is 0 Å². The van der Waals surface area contributed by atoms with Gasteiger partial charge in [0.05, 0.1) is 0 Å². The number of amides is 1. The first-order valence-electron chi connectivity index (χ1n) is 5.77. The number of rotatable bonds is 4. The molecule has 0 saturated heterocycles. The van der Waals surface area contributed by atoms with Crippen molar-refractivity contribution < 1.29 is 27.1 Å². The van der Waals surface area contributed by atoms with Crippen molar-refractivity contribution in [1.29, 1.82) is 0 Å². The Morgan fingerprint density at radius 3 is 2.24 bits per heavy atom. The quantitative estimate of drug-likeness (QED) is 0.872. The van der Waals surface area contributed by atoms with Crippen molar-refractivity contribution in [3.63, 3.8) is 0 Å². The molecule has 0 aliphatic carbocycles. The molecule has 2 aromatic carbocycles. The van der Waals surface area contributed by atoms with Crippen LogP contribution in [0.3, 0.4) is 0 Å². The maximum atomic E-state index is 13.0. The number of carbonyl (C=O) groups is 1. The second-order valence-electron chi connectivity index (χ2n) is 3.99. The van der Waals surface area contributed by atoms with E-state index in [0.29, 0.717) is 5.69 Å². The average molecular weight is 299 g/mol. The number of alkyl halides is 2. The third-order valence-electron chi connectivity index (χ3n) is 2.52. The third kappa shape index (κ3) is 3.95. The standard InChI is InChI=1S/C14H9F4NO2/c15-11-6-1-8(7-12(11)16)13(20)19-9-2-4-10(5-3-9)21-14(17)18/h1-7,14H,(H,19,20). The van der Waals surface area contributed by atoms with Crippen molar-refractivity contribution >= 4 is 11.6 Å². The van der Waals surface area contributed by atoms with E-state index in [2.05, 4.69) is 10.1 Å². The molecule has 21 heavy (non-hydrogen) atoms. The second-order valence-corrected chi connectivity index (χ2v) is 3.99. The van der Waals surface area contributed by atoms with Gasteiger partial charge in [-0.2, -0.15) is 8.78 Å². The van der Waals surface area contributed by atoms with Crippen molar-refractivity contribution in [3.05, 3.63) is 59.7 Å².